The Hall–Kier alpha value is -1.91. The van der Waals surface area contributed by atoms with Crippen molar-refractivity contribution in [1.82, 2.24) is 5.32 Å². The maximum absolute atomic E-state index is 6.50. The molecule has 0 aliphatic rings. The predicted octanol–water partition coefficient (Wildman–Crippen LogP) is 6.91. The average Bonchev–Trinajstić information content (AvgIpc) is 2.71. The van der Waals surface area contributed by atoms with Gasteiger partial charge < -0.3 is 14.8 Å². The van der Waals surface area contributed by atoms with Gasteiger partial charge in [-0.1, -0.05) is 71.2 Å². The second-order valence-corrected chi connectivity index (χ2v) is 7.69. The minimum Gasteiger partial charge on any atom is -0.490 e. The first kappa shape index (κ1) is 21.8. The Balaban J connectivity index is 1.69. The lowest BCUT2D eigenvalue weighted by molar-refractivity contribution is 0.269. The van der Waals surface area contributed by atoms with Gasteiger partial charge >= 0.3 is 0 Å². The van der Waals surface area contributed by atoms with Crippen LogP contribution in [0.5, 0.6) is 11.5 Å². The number of nitrogens with one attached hydrogen (secondary N) is 1. The summed E-state index contributed by atoms with van der Waals surface area (Å²) in [6, 6.07) is 19.2. The molecule has 152 valence electrons. The second kappa shape index (κ2) is 10.7. The van der Waals surface area contributed by atoms with E-state index in [9.17, 15) is 0 Å². The number of hydrogen-bond donors (Lipinski definition) is 1. The van der Waals surface area contributed by atoms with Crippen molar-refractivity contribution in [3.8, 4) is 11.5 Å². The van der Waals surface area contributed by atoms with Crippen molar-refractivity contribution in [3.63, 3.8) is 0 Å². The molecule has 3 aromatic rings. The van der Waals surface area contributed by atoms with E-state index in [-0.39, 0.29) is 6.61 Å². The van der Waals surface area contributed by atoms with E-state index in [2.05, 4.69) is 17.4 Å². The number of hydrogen-bond acceptors (Lipinski definition) is 3. The minimum atomic E-state index is 0.290. The molecular formula is C23H22Cl3NO2. The largest absolute Gasteiger partial charge is 0.490 e. The topological polar surface area (TPSA) is 30.5 Å². The van der Waals surface area contributed by atoms with E-state index in [0.717, 1.165) is 17.7 Å². The Morgan fingerprint density at radius 2 is 1.48 bits per heavy atom. The SMILES string of the molecule is CCOc1cc(CNCc2ccccc2)c(Cl)cc1OCc1ccc(Cl)cc1Cl. The van der Waals surface area contributed by atoms with Gasteiger partial charge in [0.25, 0.3) is 0 Å². The molecule has 0 spiro atoms. The van der Waals surface area contributed by atoms with E-state index in [1.54, 1.807) is 18.2 Å². The van der Waals surface area contributed by atoms with Gasteiger partial charge in [0.05, 0.1) is 6.61 Å². The van der Waals surface area contributed by atoms with Gasteiger partial charge in [0.1, 0.15) is 6.61 Å². The van der Waals surface area contributed by atoms with Crippen molar-refractivity contribution in [1.29, 1.82) is 0 Å². The molecule has 0 aliphatic heterocycles. The zero-order valence-corrected chi connectivity index (χ0v) is 18.3. The molecule has 3 nitrogen and oxygen atoms in total. The highest BCUT2D eigenvalue weighted by Crippen LogP contribution is 2.35. The van der Waals surface area contributed by atoms with Crippen molar-refractivity contribution in [2.45, 2.75) is 26.6 Å². The first-order valence-corrected chi connectivity index (χ1v) is 10.5. The minimum absolute atomic E-state index is 0.290. The second-order valence-electron chi connectivity index (χ2n) is 6.44. The molecule has 0 heterocycles. The molecule has 0 aliphatic carbocycles. The lowest BCUT2D eigenvalue weighted by Gasteiger charge is -2.16. The van der Waals surface area contributed by atoms with Gasteiger partial charge in [0, 0.05) is 39.8 Å². The van der Waals surface area contributed by atoms with Crippen LogP contribution in [0, 0.1) is 0 Å². The van der Waals surface area contributed by atoms with Crippen LogP contribution in [-0.4, -0.2) is 6.61 Å². The first-order chi connectivity index (χ1) is 14.1. The van der Waals surface area contributed by atoms with E-state index in [1.165, 1.54) is 5.56 Å². The molecule has 29 heavy (non-hydrogen) atoms. The fraction of sp³-hybridized carbons (Fsp3) is 0.217. The molecule has 0 fully saturated rings. The van der Waals surface area contributed by atoms with Crippen molar-refractivity contribution in [2.75, 3.05) is 6.61 Å². The fourth-order valence-corrected chi connectivity index (χ4v) is 3.51. The summed E-state index contributed by atoms with van der Waals surface area (Å²) in [5.74, 6) is 1.23. The highest BCUT2D eigenvalue weighted by atomic mass is 35.5. The Morgan fingerprint density at radius 1 is 0.759 bits per heavy atom. The maximum atomic E-state index is 6.50. The molecule has 0 bridgehead atoms. The van der Waals surface area contributed by atoms with Crippen molar-refractivity contribution in [3.05, 3.63) is 92.4 Å². The quantitative estimate of drug-likeness (QED) is 0.384. The van der Waals surface area contributed by atoms with Gasteiger partial charge in [-0.3, -0.25) is 0 Å². The molecule has 6 heteroatoms. The summed E-state index contributed by atoms with van der Waals surface area (Å²) >= 11 is 18.7. The van der Waals surface area contributed by atoms with Gasteiger partial charge in [-0.25, -0.2) is 0 Å². The van der Waals surface area contributed by atoms with Crippen LogP contribution in [0.15, 0.2) is 60.7 Å². The summed E-state index contributed by atoms with van der Waals surface area (Å²) in [5, 5.41) is 5.17. The van der Waals surface area contributed by atoms with E-state index in [4.69, 9.17) is 44.3 Å². The summed E-state index contributed by atoms with van der Waals surface area (Å²) in [6.07, 6.45) is 0. The lowest BCUT2D eigenvalue weighted by atomic mass is 10.1. The zero-order chi connectivity index (χ0) is 20.6. The summed E-state index contributed by atoms with van der Waals surface area (Å²) in [7, 11) is 0. The molecule has 0 atom stereocenters. The number of benzene rings is 3. The molecular weight excluding hydrogens is 429 g/mol. The van der Waals surface area contributed by atoms with Gasteiger partial charge in [-0.05, 0) is 36.2 Å². The highest BCUT2D eigenvalue weighted by Gasteiger charge is 2.12. The third-order valence-electron chi connectivity index (χ3n) is 4.30. The Labute approximate surface area is 186 Å². The van der Waals surface area contributed by atoms with Crippen LogP contribution in [-0.2, 0) is 19.7 Å². The smallest absolute Gasteiger partial charge is 0.163 e. The molecule has 3 rings (SSSR count). The molecule has 1 N–H and O–H groups in total. The molecule has 3 aromatic carbocycles. The van der Waals surface area contributed by atoms with E-state index >= 15 is 0 Å². The Morgan fingerprint density at radius 3 is 2.21 bits per heavy atom. The average molecular weight is 451 g/mol. The maximum Gasteiger partial charge on any atom is 0.163 e. The molecule has 0 amide bonds. The van der Waals surface area contributed by atoms with E-state index in [0.29, 0.717) is 39.7 Å². The van der Waals surface area contributed by atoms with Crippen LogP contribution in [0.1, 0.15) is 23.6 Å². The van der Waals surface area contributed by atoms with Crippen molar-refractivity contribution in [2.24, 2.45) is 0 Å². The van der Waals surface area contributed by atoms with Crippen LogP contribution >= 0.6 is 34.8 Å². The fourth-order valence-electron chi connectivity index (χ4n) is 2.83. The normalized spacial score (nSPS) is 10.8. The molecule has 0 saturated carbocycles. The Bertz CT molecular complexity index is 948. The molecule has 0 aromatic heterocycles. The van der Waals surface area contributed by atoms with Gasteiger partial charge in [-0.2, -0.15) is 0 Å². The standard InChI is InChI=1S/C23H22Cl3NO2/c1-2-28-22-10-18(14-27-13-16-6-4-3-5-7-16)21(26)12-23(22)29-15-17-8-9-19(24)11-20(17)25/h3-12,27H,2,13-15H2,1H3. The van der Waals surface area contributed by atoms with Crippen LogP contribution in [0.2, 0.25) is 15.1 Å². The van der Waals surface area contributed by atoms with Crippen LogP contribution in [0.3, 0.4) is 0 Å². The van der Waals surface area contributed by atoms with Crippen LogP contribution in [0.4, 0.5) is 0 Å². The Kier molecular flexibility index (Phi) is 8.08. The highest BCUT2D eigenvalue weighted by molar-refractivity contribution is 6.35. The van der Waals surface area contributed by atoms with Crippen molar-refractivity contribution < 1.29 is 9.47 Å². The predicted molar refractivity (Wildman–Crippen MR) is 120 cm³/mol. The molecule has 0 radical (unpaired) electrons. The monoisotopic (exact) mass is 449 g/mol. The van der Waals surface area contributed by atoms with Gasteiger partial charge in [-0.15, -0.1) is 0 Å². The van der Waals surface area contributed by atoms with E-state index < -0.39 is 0 Å². The molecule has 0 saturated heterocycles. The number of rotatable bonds is 9. The summed E-state index contributed by atoms with van der Waals surface area (Å²) in [5.41, 5.74) is 3.00. The van der Waals surface area contributed by atoms with Crippen LogP contribution < -0.4 is 14.8 Å². The third kappa shape index (κ3) is 6.28. The third-order valence-corrected chi connectivity index (χ3v) is 5.24. The van der Waals surface area contributed by atoms with Crippen molar-refractivity contribution >= 4 is 34.8 Å². The zero-order valence-electron chi connectivity index (χ0n) is 16.1. The lowest BCUT2D eigenvalue weighted by Crippen LogP contribution is -2.13. The number of ether oxygens (including phenoxy) is 2. The number of halogens is 3. The first-order valence-electron chi connectivity index (χ1n) is 9.33. The van der Waals surface area contributed by atoms with Crippen LogP contribution in [0.25, 0.3) is 0 Å². The van der Waals surface area contributed by atoms with Gasteiger partial charge in [0.2, 0.25) is 0 Å². The van der Waals surface area contributed by atoms with E-state index in [1.807, 2.05) is 37.3 Å². The van der Waals surface area contributed by atoms with Gasteiger partial charge in [0.15, 0.2) is 11.5 Å². The summed E-state index contributed by atoms with van der Waals surface area (Å²) in [4.78, 5) is 0. The summed E-state index contributed by atoms with van der Waals surface area (Å²) in [6.45, 7) is 4.13. The molecule has 0 unspecified atom stereocenters. The summed E-state index contributed by atoms with van der Waals surface area (Å²) < 4.78 is 11.7.